The van der Waals surface area contributed by atoms with Crippen LogP contribution in [-0.4, -0.2) is 22.2 Å². The average Bonchev–Trinajstić information content (AvgIpc) is 2.19. The molecule has 0 unspecified atom stereocenters. The van der Waals surface area contributed by atoms with Gasteiger partial charge in [-0.05, 0) is 11.6 Å². The number of carboxylic acids is 2. The summed E-state index contributed by atoms with van der Waals surface area (Å²) in [7, 11) is 0. The van der Waals surface area contributed by atoms with Gasteiger partial charge in [-0.1, -0.05) is 12.1 Å². The van der Waals surface area contributed by atoms with Crippen LogP contribution in [0.1, 0.15) is 17.0 Å². The Morgan fingerprint density at radius 1 is 1.25 bits per heavy atom. The maximum absolute atomic E-state index is 10.8. The second-order valence-electron chi connectivity index (χ2n) is 3.28. The van der Waals surface area contributed by atoms with Crippen molar-refractivity contribution in [3.63, 3.8) is 0 Å². The molecule has 0 atom stereocenters. The van der Waals surface area contributed by atoms with Gasteiger partial charge in [0.15, 0.2) is 5.92 Å². The molecule has 1 rings (SSSR count). The standard InChI is InChI=1S/C10H12N2O4/c11-4-5-1-2-6(7(12)3-5)8(9(13)14)10(15)16/h1-3,8H,4,11-12H2,(H,13,14)(H,15,16). The molecule has 6 nitrogen and oxygen atoms in total. The molecule has 6 heteroatoms. The van der Waals surface area contributed by atoms with Crippen LogP contribution < -0.4 is 11.5 Å². The third-order valence-electron chi connectivity index (χ3n) is 2.19. The van der Waals surface area contributed by atoms with Crippen LogP contribution in [0.2, 0.25) is 0 Å². The van der Waals surface area contributed by atoms with Gasteiger partial charge in [-0.25, -0.2) is 0 Å². The quantitative estimate of drug-likeness (QED) is 0.420. The lowest BCUT2D eigenvalue weighted by molar-refractivity contribution is -0.150. The maximum atomic E-state index is 10.8. The number of carbonyl (C=O) groups is 2. The minimum atomic E-state index is -1.65. The lowest BCUT2D eigenvalue weighted by atomic mass is 9.96. The summed E-state index contributed by atoms with van der Waals surface area (Å²) in [5, 5.41) is 17.6. The Morgan fingerprint density at radius 2 is 1.81 bits per heavy atom. The van der Waals surface area contributed by atoms with Crippen LogP contribution in [0, 0.1) is 0 Å². The molecule has 0 saturated carbocycles. The van der Waals surface area contributed by atoms with Crippen LogP contribution in [0.15, 0.2) is 18.2 Å². The Bertz CT molecular complexity index is 417. The van der Waals surface area contributed by atoms with E-state index in [0.717, 1.165) is 5.56 Å². The molecule has 6 N–H and O–H groups in total. The fourth-order valence-electron chi connectivity index (χ4n) is 1.39. The third-order valence-corrected chi connectivity index (χ3v) is 2.19. The smallest absolute Gasteiger partial charge is 0.322 e. The normalized spacial score (nSPS) is 10.4. The topological polar surface area (TPSA) is 127 Å². The number of nitrogens with two attached hydrogens (primary N) is 2. The van der Waals surface area contributed by atoms with E-state index < -0.39 is 17.9 Å². The molecular formula is C10H12N2O4. The summed E-state index contributed by atoms with van der Waals surface area (Å²) in [6.07, 6.45) is 0. The van der Waals surface area contributed by atoms with Crippen LogP contribution in [0.5, 0.6) is 0 Å². The molecule has 0 spiro atoms. The number of aliphatic carboxylic acids is 2. The summed E-state index contributed by atoms with van der Waals surface area (Å²) in [6.45, 7) is 0.259. The van der Waals surface area contributed by atoms with Gasteiger partial charge >= 0.3 is 11.9 Å². The molecule has 0 bridgehead atoms. The predicted octanol–water partition coefficient (Wildman–Crippen LogP) is -0.0197. The van der Waals surface area contributed by atoms with Gasteiger partial charge in [-0.2, -0.15) is 0 Å². The zero-order valence-corrected chi connectivity index (χ0v) is 8.38. The Labute approximate surface area is 91.5 Å². The van der Waals surface area contributed by atoms with E-state index in [9.17, 15) is 9.59 Å². The number of carboxylic acid groups (broad SMARTS) is 2. The van der Waals surface area contributed by atoms with Crippen LogP contribution in [0.4, 0.5) is 5.69 Å². The first-order valence-corrected chi connectivity index (χ1v) is 4.51. The van der Waals surface area contributed by atoms with E-state index in [2.05, 4.69) is 0 Å². The predicted molar refractivity (Wildman–Crippen MR) is 56.8 cm³/mol. The maximum Gasteiger partial charge on any atom is 0.322 e. The summed E-state index contributed by atoms with van der Waals surface area (Å²) in [5.41, 5.74) is 11.9. The Morgan fingerprint density at radius 3 is 2.19 bits per heavy atom. The highest BCUT2D eigenvalue weighted by Gasteiger charge is 2.29. The summed E-state index contributed by atoms with van der Waals surface area (Å²) in [4.78, 5) is 21.6. The minimum Gasteiger partial charge on any atom is -0.480 e. The molecule has 0 heterocycles. The molecule has 1 aromatic rings. The van der Waals surface area contributed by atoms with E-state index in [1.807, 2.05) is 0 Å². The van der Waals surface area contributed by atoms with Crippen molar-refractivity contribution in [1.82, 2.24) is 0 Å². The van der Waals surface area contributed by atoms with Crippen molar-refractivity contribution in [2.45, 2.75) is 12.5 Å². The van der Waals surface area contributed by atoms with Gasteiger partial charge in [-0.15, -0.1) is 0 Å². The molecule has 86 valence electrons. The van der Waals surface area contributed by atoms with Crippen molar-refractivity contribution in [2.75, 3.05) is 5.73 Å². The van der Waals surface area contributed by atoms with Gasteiger partial charge in [0.05, 0.1) is 0 Å². The van der Waals surface area contributed by atoms with Gasteiger partial charge < -0.3 is 21.7 Å². The van der Waals surface area contributed by atoms with Crippen molar-refractivity contribution < 1.29 is 19.8 Å². The first-order valence-electron chi connectivity index (χ1n) is 4.51. The van der Waals surface area contributed by atoms with Crippen molar-refractivity contribution >= 4 is 17.6 Å². The van der Waals surface area contributed by atoms with E-state index in [-0.39, 0.29) is 17.8 Å². The van der Waals surface area contributed by atoms with Gasteiger partial charge in [0.2, 0.25) is 0 Å². The van der Waals surface area contributed by atoms with Crippen LogP contribution in [0.25, 0.3) is 0 Å². The number of anilines is 1. The van der Waals surface area contributed by atoms with Crippen molar-refractivity contribution in [2.24, 2.45) is 5.73 Å². The average molecular weight is 224 g/mol. The SMILES string of the molecule is NCc1ccc(C(C(=O)O)C(=O)O)c(N)c1. The first-order chi connectivity index (χ1) is 7.47. The van der Waals surface area contributed by atoms with E-state index in [1.54, 1.807) is 6.07 Å². The van der Waals surface area contributed by atoms with E-state index in [0.29, 0.717) is 0 Å². The number of nitrogen functional groups attached to an aromatic ring is 1. The molecule has 0 aliphatic heterocycles. The van der Waals surface area contributed by atoms with Gasteiger partial charge in [0, 0.05) is 17.8 Å². The lowest BCUT2D eigenvalue weighted by Crippen LogP contribution is -2.22. The molecule has 0 aromatic heterocycles. The zero-order valence-electron chi connectivity index (χ0n) is 8.38. The number of hydrogen-bond donors (Lipinski definition) is 4. The second-order valence-corrected chi connectivity index (χ2v) is 3.28. The summed E-state index contributed by atoms with van der Waals surface area (Å²) >= 11 is 0. The minimum absolute atomic E-state index is 0.0669. The molecule has 0 amide bonds. The van der Waals surface area contributed by atoms with E-state index >= 15 is 0 Å². The fraction of sp³-hybridized carbons (Fsp3) is 0.200. The van der Waals surface area contributed by atoms with Gasteiger partial charge in [0.1, 0.15) is 0 Å². The molecule has 0 saturated heterocycles. The largest absolute Gasteiger partial charge is 0.480 e. The lowest BCUT2D eigenvalue weighted by Gasteiger charge is -2.11. The molecule has 0 radical (unpaired) electrons. The highest BCUT2D eigenvalue weighted by Crippen LogP contribution is 2.24. The highest BCUT2D eigenvalue weighted by atomic mass is 16.4. The van der Waals surface area contributed by atoms with Crippen LogP contribution in [0.3, 0.4) is 0 Å². The number of benzene rings is 1. The van der Waals surface area contributed by atoms with Crippen molar-refractivity contribution in [3.05, 3.63) is 29.3 Å². The first kappa shape index (κ1) is 12.0. The van der Waals surface area contributed by atoms with Gasteiger partial charge in [-0.3, -0.25) is 9.59 Å². The molecule has 0 fully saturated rings. The van der Waals surface area contributed by atoms with Crippen molar-refractivity contribution in [1.29, 1.82) is 0 Å². The van der Waals surface area contributed by atoms with E-state index in [1.165, 1.54) is 12.1 Å². The number of rotatable bonds is 4. The van der Waals surface area contributed by atoms with Crippen molar-refractivity contribution in [3.8, 4) is 0 Å². The molecule has 16 heavy (non-hydrogen) atoms. The second kappa shape index (κ2) is 4.63. The van der Waals surface area contributed by atoms with Crippen LogP contribution >= 0.6 is 0 Å². The molecule has 1 aromatic carbocycles. The van der Waals surface area contributed by atoms with E-state index in [4.69, 9.17) is 21.7 Å². The molecule has 0 aliphatic carbocycles. The Hall–Kier alpha value is -2.08. The Kier molecular flexibility index (Phi) is 3.47. The summed E-state index contributed by atoms with van der Waals surface area (Å²) < 4.78 is 0. The fourth-order valence-corrected chi connectivity index (χ4v) is 1.39. The van der Waals surface area contributed by atoms with Crippen LogP contribution in [-0.2, 0) is 16.1 Å². The third kappa shape index (κ3) is 2.29. The zero-order chi connectivity index (χ0) is 12.3. The monoisotopic (exact) mass is 224 g/mol. The molecular weight excluding hydrogens is 212 g/mol. The highest BCUT2D eigenvalue weighted by molar-refractivity contribution is 6.00. The van der Waals surface area contributed by atoms with Gasteiger partial charge in [0.25, 0.3) is 0 Å². The number of hydrogen-bond acceptors (Lipinski definition) is 4. The Balaban J connectivity index is 3.20. The summed E-state index contributed by atoms with van der Waals surface area (Å²) in [6, 6.07) is 4.42. The summed E-state index contributed by atoms with van der Waals surface area (Å²) in [5.74, 6) is -4.54. The molecule has 0 aliphatic rings.